The quantitative estimate of drug-likeness (QED) is 0.00671. The molecule has 0 unspecified atom stereocenters. The van der Waals surface area contributed by atoms with Crippen LogP contribution >= 0.6 is 66.0 Å². The van der Waals surface area contributed by atoms with E-state index in [4.69, 9.17) is 57.3 Å². The topological polar surface area (TPSA) is 557 Å². The number of pyridine rings is 4. The van der Waals surface area contributed by atoms with Crippen LogP contribution in [-0.2, 0) is 23.7 Å². The number of halogens is 1. The van der Waals surface area contributed by atoms with Crippen molar-refractivity contribution >= 4 is 188 Å². The second-order valence-corrected chi connectivity index (χ2v) is 65.7. The van der Waals surface area contributed by atoms with Gasteiger partial charge in [-0.3, -0.25) is 18.3 Å². The first-order chi connectivity index (χ1) is 61.0. The van der Waals surface area contributed by atoms with Gasteiger partial charge in [0, 0.05) is 31.4 Å². The van der Waals surface area contributed by atoms with Crippen molar-refractivity contribution in [2.45, 2.75) is 213 Å². The molecule has 130 heavy (non-hydrogen) atoms. The van der Waals surface area contributed by atoms with Gasteiger partial charge in [0.15, 0.2) is 58.5 Å². The summed E-state index contributed by atoms with van der Waals surface area (Å²) in [5.74, 6) is 1.84. The number of aliphatic hydroxyl groups is 10. The van der Waals surface area contributed by atoms with Gasteiger partial charge in [0.25, 0.3) is 0 Å². The summed E-state index contributed by atoms with van der Waals surface area (Å²) in [5, 5.41) is 109. The fourth-order valence-corrected chi connectivity index (χ4v) is 26.1. The van der Waals surface area contributed by atoms with Crippen molar-refractivity contribution in [3.8, 4) is 0 Å². The molecule has 5 aliphatic heterocycles. The van der Waals surface area contributed by atoms with Crippen LogP contribution in [0, 0.1) is 10.8 Å². The smallest absolute Gasteiger partial charge is 0.204 e. The van der Waals surface area contributed by atoms with Crippen LogP contribution in [0.15, 0.2) is 66.9 Å². The SMILES string of the molecule is C=P(C)(C)CC[C@H]1O[C@@H](n2c(I(C)CCCC)nc3c(N)ccnc32)[C@H](O)[C@@H]1O.C=P(C)(C)CC[C@H]1O[C@@H](n2c(N)nc3c(N)ccnc32)[C@H](O)[C@@H]1O.C=P(C)(C)CC[C@H]1O[C@@H](n2c(SCCCCC)nc3c(N)ccnc32)[C@H](O)[C@@H]1O.C=P(C)(C)CC[C@H]1O[C@@H](n2cnc3c(N)nc(C)nc32)[C@H](O)[C@@H]1O.C=P(C)(C)CC[C@H]1O[C@@H](n2cnc3c(NC)ccnc32)[C@H](O)[C@@H]1O. The number of aromatic nitrogens is 16. The number of aryl methyl sites for hydroxylation is 1. The van der Waals surface area contributed by atoms with Gasteiger partial charge in [-0.25, -0.2) is 44.9 Å². The number of nitrogens with two attached hydrogens (primary N) is 5. The van der Waals surface area contributed by atoms with E-state index in [1.807, 2.05) is 17.7 Å². The Morgan fingerprint density at radius 2 is 0.762 bits per heavy atom. The van der Waals surface area contributed by atoms with E-state index in [0.717, 1.165) is 82.6 Å². The van der Waals surface area contributed by atoms with E-state index in [-0.39, 0.29) is 11.8 Å². The molecule has 10 aromatic heterocycles. The molecule has 21 N–H and O–H groups in total. The Kier molecular flexibility index (Phi) is 35.2. The predicted molar refractivity (Wildman–Crippen MR) is 547 cm³/mol. The van der Waals surface area contributed by atoms with Crippen LogP contribution < -0.4 is 34.0 Å². The van der Waals surface area contributed by atoms with Crippen LogP contribution in [-0.4, -0.2) is 371 Å². The van der Waals surface area contributed by atoms with E-state index in [0.29, 0.717) is 116 Å². The van der Waals surface area contributed by atoms with Crippen LogP contribution in [0.25, 0.3) is 55.8 Å². The molecule has 10 aromatic rings. The maximum absolute atomic E-state index is 10.9. The molecule has 722 valence electrons. The number of imidazole rings is 5. The molecule has 37 nitrogen and oxygen atoms in total. The van der Waals surface area contributed by atoms with Crippen molar-refractivity contribution in [3.05, 3.63) is 71.4 Å². The van der Waals surface area contributed by atoms with Gasteiger partial charge in [0.2, 0.25) is 5.95 Å². The summed E-state index contributed by atoms with van der Waals surface area (Å²) in [5.41, 5.74) is 38.0. The zero-order chi connectivity index (χ0) is 95.3. The van der Waals surface area contributed by atoms with E-state index in [1.165, 1.54) is 10.9 Å². The van der Waals surface area contributed by atoms with Crippen LogP contribution in [0.3, 0.4) is 0 Å². The summed E-state index contributed by atoms with van der Waals surface area (Å²) >= 11 is 0.00853. The minimum atomic E-state index is -1.60. The minimum absolute atomic E-state index is 0.136. The molecule has 20 atom stereocenters. The van der Waals surface area contributed by atoms with Gasteiger partial charge >= 0.3 is 181 Å². The van der Waals surface area contributed by atoms with Crippen LogP contribution in [0.2, 0.25) is 0 Å². The molecule has 5 fully saturated rings. The Balaban J connectivity index is 0.000000157. The molecule has 15 rings (SSSR count). The standard InChI is InChI=1S/C20H34IN4O3P.C20H33N4O3PS.C16H25N4O3P.2C15H24N5O3P/c1-6-7-10-21(2)20-24-15-13(22)8-11-23-18(15)25(20)19-17(27)16(26)14(28-19)9-12-29(3,4)5;1-5-6-7-12-29-20-23-15-13(21)8-10-22-18(15)24(20)19-17(26)16(25)14(27-19)9-11-28(2,3)4;1-17-10-5-7-18-15-12(10)19-9-20(15)16-14(22)13(21)11(23-16)6-8-24(2,3)4;1-8-18-13(16)10-14(19-8)20(7-17-10)15-12(22)11(21)9(23-15)5-6-24(2,3)4;1-24(2,3)7-5-9-11(21)12(22)14(23-9)20-13-10(19-15(20)17)8(16)4-6-18-13/h8,11,14,16-17,19,26-27H,3,6-7,9-10,12H2,1-2,4-5H3,(H2,22,23);8,10,14,16-17,19,25-26H,2,5-7,9,11-12H2,1,3-4H3,(H2,21,22);5,7,9,11,13-14,16,21-22H,2,6,8H2,1,3-4H3,(H,17,18);7,9,11-12,15,21-22H,2,5-6H2,1,3-4H3,(H2,16,18,19);4,6,9,11-12,14,21-22H,1,5,7H2,2-3H3,(H2,16,18)(H2,17,19)/t2*14-,16-,17-,19-;11-,13-,14-,16-;9-,11-,12-,15-;9-,11-,12-,14-/m11111/s1. The Labute approximate surface area is 772 Å². The molecule has 0 radical (unpaired) electrons. The van der Waals surface area contributed by atoms with Gasteiger partial charge in [-0.15, -0.1) is 52.7 Å². The fourth-order valence-electron chi connectivity index (χ4n) is 15.8. The van der Waals surface area contributed by atoms with Crippen molar-refractivity contribution in [1.29, 1.82) is 0 Å². The Morgan fingerprint density at radius 3 is 1.18 bits per heavy atom. The minimum Gasteiger partial charge on any atom is -0.397 e. The van der Waals surface area contributed by atoms with Crippen LogP contribution in [0.1, 0.15) is 115 Å². The molecule has 0 amide bonds. The number of nitrogens with zero attached hydrogens (tertiary/aromatic N) is 16. The zero-order valence-corrected chi connectivity index (χ0v) is 84.9. The van der Waals surface area contributed by atoms with E-state index in [2.05, 4.69) is 172 Å². The number of nitrogens with one attached hydrogen (secondary N) is 1. The Hall–Kier alpha value is -6.19. The molecule has 5 aliphatic rings. The summed E-state index contributed by atoms with van der Waals surface area (Å²) in [6, 6.07) is 6.92. The Morgan fingerprint density at radius 1 is 0.408 bits per heavy atom. The van der Waals surface area contributed by atoms with E-state index in [1.54, 1.807) is 81.7 Å². The first-order valence-corrected chi connectivity index (χ1v) is 64.8. The number of anilines is 6. The van der Waals surface area contributed by atoms with Crippen molar-refractivity contribution in [1.82, 2.24) is 77.7 Å². The number of hydrogen-bond donors (Lipinski definition) is 16. The van der Waals surface area contributed by atoms with Crippen molar-refractivity contribution in [3.63, 3.8) is 0 Å². The molecule has 0 saturated carbocycles. The first-order valence-electron chi connectivity index (χ1n) is 43.8. The van der Waals surface area contributed by atoms with Gasteiger partial charge in [0.05, 0.1) is 54.1 Å². The number of rotatable bonds is 30. The molecule has 44 heteroatoms. The molecule has 0 aromatic carbocycles. The average Bonchev–Trinajstić information content (AvgIpc) is 1.60. The van der Waals surface area contributed by atoms with Gasteiger partial charge in [-0.05, 0) is 135 Å². The molecule has 0 aliphatic carbocycles. The molecular weight excluding hydrogens is 1890 g/mol. The second kappa shape index (κ2) is 43.9. The van der Waals surface area contributed by atoms with Crippen LogP contribution in [0.5, 0.6) is 0 Å². The number of fused-ring (bicyclic) bond motifs is 5. The van der Waals surface area contributed by atoms with Crippen LogP contribution in [0.4, 0.5) is 34.5 Å². The fraction of sp³-hybridized carbons (Fsp3) is 0.605. The van der Waals surface area contributed by atoms with Gasteiger partial charge in [0.1, 0.15) is 76.7 Å². The number of hydrogen-bond acceptors (Lipinski definition) is 33. The largest absolute Gasteiger partial charge is 0.397 e. The number of ether oxygens (including phenoxy) is 5. The number of alkyl halides is 2. The summed E-state index contributed by atoms with van der Waals surface area (Å²) in [4.78, 5) is 50.6. The van der Waals surface area contributed by atoms with Gasteiger partial charge < -0.3 is 88.1 Å². The first kappa shape index (κ1) is 104. The third-order valence-electron chi connectivity index (χ3n) is 23.2. The third-order valence-corrected chi connectivity index (χ3v) is 36.4. The summed E-state index contributed by atoms with van der Waals surface area (Å²) in [6.07, 6.45) is 28.0. The third kappa shape index (κ3) is 25.2. The Bertz CT molecular complexity index is 5760. The predicted octanol–water partition coefficient (Wildman–Crippen LogP) is 7.79. The molecular formula is C86H140IN22O15P5S. The molecule has 0 spiro atoms. The number of aliphatic hydroxyl groups excluding tert-OH is 10. The number of thioether (sulfide) groups is 1. The van der Waals surface area contributed by atoms with Crippen molar-refractivity contribution in [2.75, 3.05) is 154 Å². The monoisotopic (exact) mass is 2030 g/mol. The second-order valence-electron chi connectivity index (χ2n) is 37.6. The average molecular weight is 2040 g/mol. The van der Waals surface area contributed by atoms with Crippen molar-refractivity contribution < 1.29 is 74.7 Å². The summed E-state index contributed by atoms with van der Waals surface area (Å²) < 4.78 is 40.8. The maximum Gasteiger partial charge on any atom is 0.204 e. The maximum atomic E-state index is 10.9. The molecule has 5 saturated heterocycles. The molecule has 15 heterocycles. The van der Waals surface area contributed by atoms with Gasteiger partial charge in [-0.1, -0.05) is 31.5 Å². The van der Waals surface area contributed by atoms with E-state index < -0.39 is 177 Å². The zero-order valence-electron chi connectivity index (χ0n) is 77.5. The van der Waals surface area contributed by atoms with Crippen molar-refractivity contribution in [2.24, 2.45) is 0 Å². The van der Waals surface area contributed by atoms with E-state index in [9.17, 15) is 51.1 Å². The normalized spacial score (nSPS) is 26.7. The summed E-state index contributed by atoms with van der Waals surface area (Å²) in [6.45, 7) is 21.4. The van der Waals surface area contributed by atoms with Gasteiger partial charge in [-0.2, -0.15) is 0 Å². The summed E-state index contributed by atoms with van der Waals surface area (Å²) in [7, 11) is 1.82. The van der Waals surface area contributed by atoms with E-state index >= 15 is 0 Å². The number of unbranched alkanes of at least 4 members (excludes halogenated alkanes) is 3. The molecule has 0 bridgehead atoms. The number of nitrogen functional groups attached to an aromatic ring is 5.